The van der Waals surface area contributed by atoms with Crippen LogP contribution in [0.3, 0.4) is 0 Å². The van der Waals surface area contributed by atoms with Crippen molar-refractivity contribution in [1.82, 2.24) is 0 Å². The minimum Gasteiger partial charge on any atom is -0.496 e. The van der Waals surface area contributed by atoms with E-state index >= 15 is 0 Å². The smallest absolute Gasteiger partial charge is 0.167 e. The van der Waals surface area contributed by atoms with E-state index in [4.69, 9.17) is 15.2 Å². The van der Waals surface area contributed by atoms with E-state index in [2.05, 4.69) is 31.9 Å². The first-order valence-corrected chi connectivity index (χ1v) is 7.77. The quantitative estimate of drug-likeness (QED) is 0.744. The highest BCUT2D eigenvalue weighted by Crippen LogP contribution is 2.40. The first kappa shape index (κ1) is 16.3. The Bertz CT molecular complexity index is 662. The van der Waals surface area contributed by atoms with Crippen LogP contribution in [0.5, 0.6) is 17.2 Å². The second-order valence-corrected chi connectivity index (χ2v) is 6.17. The Labute approximate surface area is 139 Å². The van der Waals surface area contributed by atoms with E-state index in [1.54, 1.807) is 38.3 Å². The third kappa shape index (κ3) is 3.56. The summed E-state index contributed by atoms with van der Waals surface area (Å²) in [5.41, 5.74) is 6.47. The van der Waals surface area contributed by atoms with E-state index in [-0.39, 0.29) is 11.8 Å². The van der Waals surface area contributed by atoms with Gasteiger partial charge in [0.1, 0.15) is 11.5 Å². The molecule has 0 aliphatic rings. The summed E-state index contributed by atoms with van der Waals surface area (Å²) in [4.78, 5) is 0. The molecule has 0 amide bonds. The molecular formula is C15H14Br2FNO2. The SMILES string of the molecule is COc1cc(Br)c(Oc2c(F)cccc2[C@@H](C)N)cc1Br. The van der Waals surface area contributed by atoms with Crippen molar-refractivity contribution in [3.8, 4) is 17.2 Å². The standard InChI is InChI=1S/C15H14Br2FNO2/c1-8(19)9-4-3-5-12(18)15(9)21-14-7-10(16)13(20-2)6-11(14)17/h3-8H,19H2,1-2H3/t8-/m1/s1. The van der Waals surface area contributed by atoms with Gasteiger partial charge in [-0.2, -0.15) is 0 Å². The second kappa shape index (κ2) is 6.77. The highest BCUT2D eigenvalue weighted by molar-refractivity contribution is 9.11. The van der Waals surface area contributed by atoms with E-state index in [0.29, 0.717) is 26.0 Å². The van der Waals surface area contributed by atoms with Crippen LogP contribution in [-0.4, -0.2) is 7.11 Å². The summed E-state index contributed by atoms with van der Waals surface area (Å²) in [7, 11) is 1.57. The van der Waals surface area contributed by atoms with Gasteiger partial charge in [0.15, 0.2) is 11.6 Å². The van der Waals surface area contributed by atoms with Gasteiger partial charge in [0, 0.05) is 11.6 Å². The molecule has 0 heterocycles. The lowest BCUT2D eigenvalue weighted by Gasteiger charge is -2.16. The Kier molecular flexibility index (Phi) is 5.24. The maximum atomic E-state index is 14.0. The number of halogens is 3. The largest absolute Gasteiger partial charge is 0.496 e. The molecule has 0 saturated heterocycles. The number of ether oxygens (including phenoxy) is 2. The number of hydrogen-bond donors (Lipinski definition) is 1. The number of nitrogens with two attached hydrogens (primary N) is 1. The highest BCUT2D eigenvalue weighted by atomic mass is 79.9. The molecule has 0 radical (unpaired) electrons. The van der Waals surface area contributed by atoms with E-state index < -0.39 is 5.82 Å². The minimum absolute atomic E-state index is 0.130. The van der Waals surface area contributed by atoms with E-state index in [1.807, 2.05) is 0 Å². The van der Waals surface area contributed by atoms with Gasteiger partial charge in [-0.15, -0.1) is 0 Å². The maximum Gasteiger partial charge on any atom is 0.167 e. The highest BCUT2D eigenvalue weighted by Gasteiger charge is 2.16. The van der Waals surface area contributed by atoms with Crippen molar-refractivity contribution in [3.63, 3.8) is 0 Å². The fraction of sp³-hybridized carbons (Fsp3) is 0.200. The summed E-state index contributed by atoms with van der Waals surface area (Å²) in [6.45, 7) is 1.78. The van der Waals surface area contributed by atoms with Gasteiger partial charge >= 0.3 is 0 Å². The molecule has 0 aliphatic heterocycles. The van der Waals surface area contributed by atoms with Gasteiger partial charge < -0.3 is 15.2 Å². The van der Waals surface area contributed by atoms with Gasteiger partial charge in [-0.1, -0.05) is 12.1 Å². The van der Waals surface area contributed by atoms with Crippen molar-refractivity contribution in [1.29, 1.82) is 0 Å². The second-order valence-electron chi connectivity index (χ2n) is 4.47. The Morgan fingerprint density at radius 1 is 1.14 bits per heavy atom. The summed E-state index contributed by atoms with van der Waals surface area (Å²) in [5.74, 6) is 0.791. The fourth-order valence-corrected chi connectivity index (χ4v) is 2.73. The van der Waals surface area contributed by atoms with Crippen LogP contribution in [0.4, 0.5) is 4.39 Å². The van der Waals surface area contributed by atoms with Crippen molar-refractivity contribution in [3.05, 3.63) is 50.7 Å². The van der Waals surface area contributed by atoms with Crippen LogP contribution in [-0.2, 0) is 0 Å². The third-order valence-corrected chi connectivity index (χ3v) is 4.15. The van der Waals surface area contributed by atoms with Crippen molar-refractivity contribution in [2.45, 2.75) is 13.0 Å². The molecule has 2 aromatic rings. The summed E-state index contributed by atoms with van der Waals surface area (Å²) >= 11 is 6.76. The monoisotopic (exact) mass is 417 g/mol. The Morgan fingerprint density at radius 2 is 1.76 bits per heavy atom. The minimum atomic E-state index is -0.455. The average molecular weight is 419 g/mol. The molecule has 21 heavy (non-hydrogen) atoms. The molecule has 2 aromatic carbocycles. The Balaban J connectivity index is 2.46. The Morgan fingerprint density at radius 3 is 2.38 bits per heavy atom. The summed E-state index contributed by atoms with van der Waals surface area (Å²) in [6, 6.07) is 7.81. The van der Waals surface area contributed by atoms with Gasteiger partial charge in [-0.25, -0.2) is 4.39 Å². The number of hydrogen-bond acceptors (Lipinski definition) is 3. The van der Waals surface area contributed by atoms with Gasteiger partial charge in [0.25, 0.3) is 0 Å². The molecule has 1 atom stereocenters. The topological polar surface area (TPSA) is 44.5 Å². The van der Waals surface area contributed by atoms with Crippen LogP contribution in [0.25, 0.3) is 0 Å². The molecule has 0 fully saturated rings. The normalized spacial score (nSPS) is 12.1. The zero-order chi connectivity index (χ0) is 15.6. The first-order chi connectivity index (χ1) is 9.93. The summed E-state index contributed by atoms with van der Waals surface area (Å²) in [5, 5.41) is 0. The molecule has 0 aromatic heterocycles. The molecule has 0 bridgehead atoms. The maximum absolute atomic E-state index is 14.0. The van der Waals surface area contributed by atoms with Crippen molar-refractivity contribution < 1.29 is 13.9 Å². The van der Waals surface area contributed by atoms with Gasteiger partial charge in [-0.05, 0) is 57.0 Å². The van der Waals surface area contributed by atoms with Crippen molar-refractivity contribution >= 4 is 31.9 Å². The molecule has 6 heteroatoms. The molecular weight excluding hydrogens is 405 g/mol. The molecule has 2 rings (SSSR count). The van der Waals surface area contributed by atoms with Crippen LogP contribution in [0, 0.1) is 5.82 Å². The van der Waals surface area contributed by atoms with E-state index in [1.165, 1.54) is 6.07 Å². The van der Waals surface area contributed by atoms with E-state index in [9.17, 15) is 4.39 Å². The lowest BCUT2D eigenvalue weighted by atomic mass is 10.1. The number of benzene rings is 2. The molecule has 0 unspecified atom stereocenters. The summed E-state index contributed by atoms with van der Waals surface area (Å²) in [6.07, 6.45) is 0. The van der Waals surface area contributed by atoms with E-state index in [0.717, 1.165) is 0 Å². The van der Waals surface area contributed by atoms with Crippen molar-refractivity contribution in [2.24, 2.45) is 5.73 Å². The predicted octanol–water partition coefficient (Wildman–Crippen LogP) is 5.17. The lowest BCUT2D eigenvalue weighted by Crippen LogP contribution is -2.07. The van der Waals surface area contributed by atoms with Crippen LogP contribution in [0.15, 0.2) is 39.3 Å². The van der Waals surface area contributed by atoms with Crippen LogP contribution in [0.2, 0.25) is 0 Å². The zero-order valence-corrected chi connectivity index (χ0v) is 14.7. The molecule has 3 nitrogen and oxygen atoms in total. The van der Waals surface area contributed by atoms with Crippen LogP contribution < -0.4 is 15.2 Å². The predicted molar refractivity (Wildman–Crippen MR) is 87.5 cm³/mol. The average Bonchev–Trinajstić information content (AvgIpc) is 2.44. The number of para-hydroxylation sites is 1. The fourth-order valence-electron chi connectivity index (χ4n) is 1.85. The van der Waals surface area contributed by atoms with Gasteiger partial charge in [0.05, 0.1) is 16.1 Å². The summed E-state index contributed by atoms with van der Waals surface area (Å²) < 4.78 is 26.3. The number of methoxy groups -OCH3 is 1. The van der Waals surface area contributed by atoms with Crippen molar-refractivity contribution in [2.75, 3.05) is 7.11 Å². The zero-order valence-electron chi connectivity index (χ0n) is 11.5. The van der Waals surface area contributed by atoms with Gasteiger partial charge in [0.2, 0.25) is 0 Å². The van der Waals surface area contributed by atoms with Gasteiger partial charge in [-0.3, -0.25) is 0 Å². The molecule has 0 spiro atoms. The third-order valence-electron chi connectivity index (χ3n) is 2.91. The van der Waals surface area contributed by atoms with Crippen LogP contribution >= 0.6 is 31.9 Å². The molecule has 112 valence electrons. The molecule has 0 aliphatic carbocycles. The van der Waals surface area contributed by atoms with Crippen LogP contribution in [0.1, 0.15) is 18.5 Å². The lowest BCUT2D eigenvalue weighted by molar-refractivity contribution is 0.406. The first-order valence-electron chi connectivity index (χ1n) is 6.19. The Hall–Kier alpha value is -1.11. The molecule has 0 saturated carbocycles. The molecule has 2 N–H and O–H groups in total. The number of rotatable bonds is 4.